The summed E-state index contributed by atoms with van der Waals surface area (Å²) in [7, 11) is 0. The molecule has 0 amide bonds. The Morgan fingerprint density at radius 2 is 0.880 bits per heavy atom. The van der Waals surface area contributed by atoms with E-state index in [2.05, 4.69) is 13.8 Å². The SMILES string of the molecule is CCCCCCCCCCCCCCCCCC(=O)OC[C@H](O)[C@H]1OC(=O)C(OC(=O)CCCCCCCCCCCCCCCCC)=C1O. The molecule has 0 spiro atoms. The van der Waals surface area contributed by atoms with Gasteiger partial charge in [-0.1, -0.05) is 194 Å². The fraction of sp³-hybridized carbons (Fsp3) is 0.881. The predicted octanol–water partition coefficient (Wildman–Crippen LogP) is 11.7. The molecule has 2 N–H and O–H groups in total. The number of hydrogen-bond donors (Lipinski definition) is 2. The third-order valence-corrected chi connectivity index (χ3v) is 9.87. The van der Waals surface area contributed by atoms with Crippen molar-refractivity contribution in [3.05, 3.63) is 11.5 Å². The van der Waals surface area contributed by atoms with Gasteiger partial charge in [0.1, 0.15) is 12.7 Å². The van der Waals surface area contributed by atoms with E-state index in [9.17, 15) is 24.6 Å². The highest BCUT2D eigenvalue weighted by Gasteiger charge is 2.42. The van der Waals surface area contributed by atoms with Crippen LogP contribution in [-0.4, -0.2) is 46.9 Å². The van der Waals surface area contributed by atoms with Crippen LogP contribution in [-0.2, 0) is 28.6 Å². The topological polar surface area (TPSA) is 119 Å². The van der Waals surface area contributed by atoms with Crippen LogP contribution >= 0.6 is 0 Å². The summed E-state index contributed by atoms with van der Waals surface area (Å²) in [6.07, 6.45) is 34.5. The van der Waals surface area contributed by atoms with E-state index in [4.69, 9.17) is 14.2 Å². The molecule has 1 heterocycles. The molecule has 1 aliphatic heterocycles. The minimum atomic E-state index is -1.46. The van der Waals surface area contributed by atoms with Crippen LogP contribution in [0.2, 0.25) is 0 Å². The molecule has 8 heteroatoms. The Kier molecular flexibility index (Phi) is 30.1. The van der Waals surface area contributed by atoms with Crippen LogP contribution in [0.4, 0.5) is 0 Å². The Balaban J connectivity index is 2.05. The quantitative estimate of drug-likeness (QED) is 0.0375. The van der Waals surface area contributed by atoms with Gasteiger partial charge in [-0.3, -0.25) is 9.59 Å². The summed E-state index contributed by atoms with van der Waals surface area (Å²) in [6.45, 7) is 4.08. The molecule has 1 rings (SSSR count). The van der Waals surface area contributed by atoms with Gasteiger partial charge in [0.25, 0.3) is 5.76 Å². The largest absolute Gasteiger partial charge is 0.505 e. The number of rotatable bonds is 36. The molecule has 0 aliphatic carbocycles. The molecule has 0 aromatic carbocycles. The van der Waals surface area contributed by atoms with Crippen molar-refractivity contribution in [2.45, 2.75) is 232 Å². The zero-order valence-electron chi connectivity index (χ0n) is 32.3. The first-order chi connectivity index (χ1) is 24.4. The molecular formula is C42H76O8. The first-order valence-electron chi connectivity index (χ1n) is 21.1. The first-order valence-corrected chi connectivity index (χ1v) is 21.1. The summed E-state index contributed by atoms with van der Waals surface area (Å²) in [5, 5.41) is 20.8. The number of unbranched alkanes of at least 4 members (excludes halogenated alkanes) is 28. The van der Waals surface area contributed by atoms with Gasteiger partial charge in [0.05, 0.1) is 0 Å². The molecule has 0 aromatic heterocycles. The van der Waals surface area contributed by atoms with Gasteiger partial charge in [-0.2, -0.15) is 0 Å². The van der Waals surface area contributed by atoms with Gasteiger partial charge in [-0.15, -0.1) is 0 Å². The maximum atomic E-state index is 12.3. The fourth-order valence-corrected chi connectivity index (χ4v) is 6.60. The van der Waals surface area contributed by atoms with Gasteiger partial charge >= 0.3 is 17.9 Å². The van der Waals surface area contributed by atoms with E-state index in [1.807, 2.05) is 0 Å². The standard InChI is InChI=1S/C42H76O8/c1-3-5-7-9-11-13-15-17-19-21-23-25-27-29-31-33-37(44)48-35-36(43)40-39(46)41(42(47)50-40)49-38(45)34-32-30-28-26-24-22-20-18-16-14-12-10-8-6-4-2/h36,40,43,46H,3-35H2,1-2H3/t36-,40+/m0/s1. The van der Waals surface area contributed by atoms with Crippen molar-refractivity contribution in [3.63, 3.8) is 0 Å². The normalized spacial score (nSPS) is 15.0. The van der Waals surface area contributed by atoms with Crippen molar-refractivity contribution in [2.75, 3.05) is 6.61 Å². The van der Waals surface area contributed by atoms with Crippen LogP contribution in [0.25, 0.3) is 0 Å². The molecule has 50 heavy (non-hydrogen) atoms. The number of ether oxygens (including phenoxy) is 3. The molecule has 0 unspecified atom stereocenters. The van der Waals surface area contributed by atoms with E-state index in [0.717, 1.165) is 38.5 Å². The summed E-state index contributed by atoms with van der Waals surface area (Å²) in [4.78, 5) is 36.7. The van der Waals surface area contributed by atoms with Crippen molar-refractivity contribution >= 4 is 17.9 Å². The van der Waals surface area contributed by atoms with Gasteiger partial charge in [0.15, 0.2) is 11.9 Å². The third kappa shape index (κ3) is 25.0. The summed E-state index contributed by atoms with van der Waals surface area (Å²) < 4.78 is 15.3. The number of hydrogen-bond acceptors (Lipinski definition) is 8. The molecule has 8 nitrogen and oxygen atoms in total. The molecular weight excluding hydrogens is 632 g/mol. The molecule has 1 aliphatic rings. The van der Waals surface area contributed by atoms with Crippen molar-refractivity contribution < 1.29 is 38.8 Å². The molecule has 0 aromatic rings. The fourth-order valence-electron chi connectivity index (χ4n) is 6.60. The van der Waals surface area contributed by atoms with Crippen LogP contribution in [0, 0.1) is 0 Å². The van der Waals surface area contributed by atoms with Crippen molar-refractivity contribution in [3.8, 4) is 0 Å². The average molecular weight is 709 g/mol. The van der Waals surface area contributed by atoms with E-state index < -0.39 is 48.2 Å². The lowest BCUT2D eigenvalue weighted by Gasteiger charge is -2.17. The minimum Gasteiger partial charge on any atom is -0.505 e. The molecule has 0 radical (unpaired) electrons. The van der Waals surface area contributed by atoms with Gasteiger partial charge in [0, 0.05) is 12.8 Å². The molecule has 292 valence electrons. The second-order valence-electron chi connectivity index (χ2n) is 14.7. The van der Waals surface area contributed by atoms with Crippen LogP contribution in [0.3, 0.4) is 0 Å². The van der Waals surface area contributed by atoms with Crippen LogP contribution < -0.4 is 0 Å². The Morgan fingerprint density at radius 3 is 1.24 bits per heavy atom. The molecule has 0 bridgehead atoms. The van der Waals surface area contributed by atoms with Gasteiger partial charge in [-0.05, 0) is 12.8 Å². The highest BCUT2D eigenvalue weighted by molar-refractivity contribution is 5.92. The van der Waals surface area contributed by atoms with Crippen LogP contribution in [0.5, 0.6) is 0 Å². The summed E-state index contributed by atoms with van der Waals surface area (Å²) in [5.74, 6) is -3.32. The molecule has 0 fully saturated rings. The van der Waals surface area contributed by atoms with E-state index >= 15 is 0 Å². The zero-order valence-corrected chi connectivity index (χ0v) is 32.3. The minimum absolute atomic E-state index is 0.131. The number of aliphatic hydroxyl groups is 2. The van der Waals surface area contributed by atoms with Crippen molar-refractivity contribution in [2.24, 2.45) is 0 Å². The maximum absolute atomic E-state index is 12.3. The van der Waals surface area contributed by atoms with Crippen molar-refractivity contribution in [1.29, 1.82) is 0 Å². The zero-order chi connectivity index (χ0) is 36.5. The lowest BCUT2D eigenvalue weighted by Crippen LogP contribution is -2.33. The lowest BCUT2D eigenvalue weighted by molar-refractivity contribution is -0.157. The van der Waals surface area contributed by atoms with Gasteiger partial charge in [0.2, 0.25) is 0 Å². The van der Waals surface area contributed by atoms with Crippen LogP contribution in [0.1, 0.15) is 219 Å². The Hall–Kier alpha value is -2.09. The molecule has 2 atom stereocenters. The highest BCUT2D eigenvalue weighted by atomic mass is 16.6. The summed E-state index contributed by atoms with van der Waals surface area (Å²) in [5.41, 5.74) is 0. The lowest BCUT2D eigenvalue weighted by atomic mass is 10.0. The number of carbonyl (C=O) groups excluding carboxylic acids is 3. The van der Waals surface area contributed by atoms with E-state index in [0.29, 0.717) is 6.42 Å². The maximum Gasteiger partial charge on any atom is 0.378 e. The Morgan fingerprint density at radius 1 is 0.560 bits per heavy atom. The smallest absolute Gasteiger partial charge is 0.378 e. The van der Waals surface area contributed by atoms with Crippen LogP contribution in [0.15, 0.2) is 11.5 Å². The molecule has 0 saturated carbocycles. The highest BCUT2D eigenvalue weighted by Crippen LogP contribution is 2.25. The Bertz CT molecular complexity index is 885. The van der Waals surface area contributed by atoms with E-state index in [1.54, 1.807) is 0 Å². The number of carbonyl (C=O) groups is 3. The first kappa shape index (κ1) is 45.9. The van der Waals surface area contributed by atoms with Crippen molar-refractivity contribution in [1.82, 2.24) is 0 Å². The van der Waals surface area contributed by atoms with Gasteiger partial charge in [-0.25, -0.2) is 4.79 Å². The number of esters is 3. The Labute approximate surface area is 305 Å². The number of aliphatic hydroxyl groups excluding tert-OH is 2. The van der Waals surface area contributed by atoms with E-state index in [1.165, 1.54) is 148 Å². The monoisotopic (exact) mass is 709 g/mol. The summed E-state index contributed by atoms with van der Waals surface area (Å²) >= 11 is 0. The predicted molar refractivity (Wildman–Crippen MR) is 202 cm³/mol. The van der Waals surface area contributed by atoms with Gasteiger partial charge < -0.3 is 24.4 Å². The third-order valence-electron chi connectivity index (χ3n) is 9.87. The van der Waals surface area contributed by atoms with E-state index in [-0.39, 0.29) is 12.8 Å². The second kappa shape index (κ2) is 32.8. The average Bonchev–Trinajstić information content (AvgIpc) is 3.39. The molecule has 0 saturated heterocycles. The second-order valence-corrected chi connectivity index (χ2v) is 14.7. The summed E-state index contributed by atoms with van der Waals surface area (Å²) in [6, 6.07) is 0. The number of cyclic esters (lactones) is 1.